The van der Waals surface area contributed by atoms with Crippen LogP contribution < -0.4 is 16.8 Å². The molecule has 1 aromatic heterocycles. The molecule has 0 unspecified atom stereocenters. The van der Waals surface area contributed by atoms with Crippen LogP contribution in [0.1, 0.15) is 5.56 Å². The van der Waals surface area contributed by atoms with Gasteiger partial charge in [-0.1, -0.05) is 12.1 Å². The number of anilines is 1. The smallest absolute Gasteiger partial charge is 0.242 e. The van der Waals surface area contributed by atoms with Crippen LogP contribution in [0, 0.1) is 6.92 Å². The molecule has 0 fully saturated rings. The van der Waals surface area contributed by atoms with E-state index in [4.69, 9.17) is 11.5 Å². The average Bonchev–Trinajstić information content (AvgIpc) is 2.97. The molecule has 0 saturated carbocycles. The van der Waals surface area contributed by atoms with E-state index in [0.717, 1.165) is 22.2 Å². The Morgan fingerprint density at radius 3 is 2.68 bits per heavy atom. The molecular formula is C17H21Cl2N5O. The first-order valence-corrected chi connectivity index (χ1v) is 7.40. The Bertz CT molecular complexity index is 865. The molecule has 0 radical (unpaired) electrons. The van der Waals surface area contributed by atoms with Crippen molar-refractivity contribution in [1.82, 2.24) is 9.78 Å². The van der Waals surface area contributed by atoms with Gasteiger partial charge in [0.1, 0.15) is 0 Å². The zero-order valence-corrected chi connectivity index (χ0v) is 15.3. The maximum absolute atomic E-state index is 11.9. The highest BCUT2D eigenvalue weighted by atomic mass is 35.5. The number of nitrogens with one attached hydrogen (secondary N) is 1. The number of benzene rings is 2. The lowest BCUT2D eigenvalue weighted by atomic mass is 10.2. The Labute approximate surface area is 158 Å². The first kappa shape index (κ1) is 20.9. The van der Waals surface area contributed by atoms with E-state index in [0.29, 0.717) is 5.69 Å². The summed E-state index contributed by atoms with van der Waals surface area (Å²) in [4.78, 5) is 11.9. The van der Waals surface area contributed by atoms with E-state index in [-0.39, 0.29) is 37.3 Å². The van der Waals surface area contributed by atoms with Gasteiger partial charge in [-0.25, -0.2) is 4.68 Å². The molecule has 0 bridgehead atoms. The summed E-state index contributed by atoms with van der Waals surface area (Å²) >= 11 is 0. The summed E-state index contributed by atoms with van der Waals surface area (Å²) in [6.07, 6.45) is 1.80. The predicted molar refractivity (Wildman–Crippen MR) is 106 cm³/mol. The zero-order chi connectivity index (χ0) is 16.4. The normalized spacial score (nSPS) is 11.3. The van der Waals surface area contributed by atoms with Gasteiger partial charge in [-0.15, -0.1) is 24.8 Å². The number of amides is 1. The number of nitrogens with zero attached hydrogens (tertiary/aromatic N) is 2. The molecule has 0 aliphatic rings. The highest BCUT2D eigenvalue weighted by Crippen LogP contribution is 2.22. The van der Waals surface area contributed by atoms with Crippen LogP contribution in [-0.2, 0) is 4.79 Å². The van der Waals surface area contributed by atoms with Crippen LogP contribution in [0.4, 0.5) is 5.69 Å². The monoisotopic (exact) mass is 381 g/mol. The van der Waals surface area contributed by atoms with E-state index in [2.05, 4.69) is 16.5 Å². The molecule has 25 heavy (non-hydrogen) atoms. The van der Waals surface area contributed by atoms with Crippen molar-refractivity contribution >= 4 is 47.3 Å². The van der Waals surface area contributed by atoms with E-state index in [1.54, 1.807) is 6.20 Å². The lowest BCUT2D eigenvalue weighted by Crippen LogP contribution is -2.41. The van der Waals surface area contributed by atoms with Gasteiger partial charge in [0.2, 0.25) is 5.91 Å². The topological polar surface area (TPSA) is 99.0 Å². The summed E-state index contributed by atoms with van der Waals surface area (Å²) in [5.74, 6) is -0.298. The van der Waals surface area contributed by atoms with Crippen molar-refractivity contribution in [1.29, 1.82) is 0 Å². The van der Waals surface area contributed by atoms with Crippen molar-refractivity contribution in [2.75, 3.05) is 11.9 Å². The van der Waals surface area contributed by atoms with Gasteiger partial charge in [-0.2, -0.15) is 5.10 Å². The maximum atomic E-state index is 11.9. The molecule has 0 saturated heterocycles. The minimum Gasteiger partial charge on any atom is -0.328 e. The van der Waals surface area contributed by atoms with Crippen molar-refractivity contribution in [2.24, 2.45) is 11.5 Å². The fourth-order valence-corrected chi connectivity index (χ4v) is 2.40. The average molecular weight is 382 g/mol. The van der Waals surface area contributed by atoms with Gasteiger partial charge in [-0.3, -0.25) is 4.79 Å². The SMILES string of the molecule is Cc1cccc(-n2ncc3ccc(NC(=O)[C@H](N)CN)cc32)c1.Cl.Cl. The molecule has 1 heterocycles. The van der Waals surface area contributed by atoms with Crippen molar-refractivity contribution < 1.29 is 4.79 Å². The number of hydrogen-bond donors (Lipinski definition) is 3. The zero-order valence-electron chi connectivity index (χ0n) is 13.7. The van der Waals surface area contributed by atoms with Crippen molar-refractivity contribution in [3.8, 4) is 5.69 Å². The standard InChI is InChI=1S/C17H19N5O.2ClH/c1-11-3-2-4-14(7-11)22-16-8-13(6-5-12(16)10-20-22)21-17(23)15(19)9-18;;/h2-8,10,15H,9,18-19H2,1H3,(H,21,23);2*1H/t15-;;/m1../s1. The summed E-state index contributed by atoms with van der Waals surface area (Å²) in [5, 5.41) is 8.21. The van der Waals surface area contributed by atoms with E-state index in [1.165, 1.54) is 0 Å². The Morgan fingerprint density at radius 2 is 2.00 bits per heavy atom. The molecule has 0 aliphatic carbocycles. The first-order valence-electron chi connectivity index (χ1n) is 7.40. The number of rotatable bonds is 4. The molecule has 8 heteroatoms. The largest absolute Gasteiger partial charge is 0.328 e. The highest BCUT2D eigenvalue weighted by molar-refractivity contribution is 5.96. The minimum atomic E-state index is -0.715. The second kappa shape index (κ2) is 8.82. The summed E-state index contributed by atoms with van der Waals surface area (Å²) in [6.45, 7) is 2.14. The third-order valence-corrected chi connectivity index (χ3v) is 3.68. The Kier molecular flexibility index (Phi) is 7.38. The van der Waals surface area contributed by atoms with E-state index in [1.807, 2.05) is 48.0 Å². The van der Waals surface area contributed by atoms with Crippen molar-refractivity contribution in [2.45, 2.75) is 13.0 Å². The van der Waals surface area contributed by atoms with Gasteiger partial charge < -0.3 is 16.8 Å². The molecule has 3 aromatic rings. The quantitative estimate of drug-likeness (QED) is 0.645. The van der Waals surface area contributed by atoms with Crippen molar-refractivity contribution in [3.05, 3.63) is 54.2 Å². The molecule has 1 atom stereocenters. The molecule has 2 aromatic carbocycles. The fourth-order valence-electron chi connectivity index (χ4n) is 2.40. The van der Waals surface area contributed by atoms with Crippen LogP contribution in [0.2, 0.25) is 0 Å². The Morgan fingerprint density at radius 1 is 1.24 bits per heavy atom. The first-order chi connectivity index (χ1) is 11.1. The third kappa shape index (κ3) is 4.49. The fraction of sp³-hybridized carbons (Fsp3) is 0.176. The highest BCUT2D eigenvalue weighted by Gasteiger charge is 2.12. The van der Waals surface area contributed by atoms with Gasteiger partial charge >= 0.3 is 0 Å². The lowest BCUT2D eigenvalue weighted by Gasteiger charge is -2.11. The van der Waals surface area contributed by atoms with Gasteiger partial charge in [0.25, 0.3) is 0 Å². The number of carbonyl (C=O) groups excluding carboxylic acids is 1. The van der Waals surface area contributed by atoms with Gasteiger partial charge in [0.05, 0.1) is 23.4 Å². The summed E-state index contributed by atoms with van der Waals surface area (Å²) < 4.78 is 1.85. The van der Waals surface area contributed by atoms with Crippen LogP contribution in [0.3, 0.4) is 0 Å². The number of nitrogens with two attached hydrogens (primary N) is 2. The summed E-state index contributed by atoms with van der Waals surface area (Å²) in [5.41, 5.74) is 14.8. The molecule has 1 amide bonds. The maximum Gasteiger partial charge on any atom is 0.242 e. The van der Waals surface area contributed by atoms with E-state index < -0.39 is 6.04 Å². The van der Waals surface area contributed by atoms with Crippen LogP contribution in [0.25, 0.3) is 16.6 Å². The Balaban J connectivity index is 0.00000156. The molecule has 6 nitrogen and oxygen atoms in total. The third-order valence-electron chi connectivity index (χ3n) is 3.68. The second-order valence-electron chi connectivity index (χ2n) is 5.50. The van der Waals surface area contributed by atoms with Crippen LogP contribution in [0.5, 0.6) is 0 Å². The molecule has 0 spiro atoms. The van der Waals surface area contributed by atoms with Crippen LogP contribution in [0.15, 0.2) is 48.7 Å². The number of hydrogen-bond acceptors (Lipinski definition) is 4. The molecule has 134 valence electrons. The van der Waals surface area contributed by atoms with Gasteiger partial charge in [0, 0.05) is 17.6 Å². The summed E-state index contributed by atoms with van der Waals surface area (Å²) in [6, 6.07) is 13.0. The number of aryl methyl sites for hydroxylation is 1. The number of aromatic nitrogens is 2. The van der Waals surface area contributed by atoms with Crippen molar-refractivity contribution in [3.63, 3.8) is 0 Å². The molecular weight excluding hydrogens is 361 g/mol. The van der Waals surface area contributed by atoms with Gasteiger partial charge in [-0.05, 0) is 42.8 Å². The number of halogens is 2. The lowest BCUT2D eigenvalue weighted by molar-refractivity contribution is -0.117. The molecule has 0 aliphatic heterocycles. The van der Waals surface area contributed by atoms with Gasteiger partial charge in [0.15, 0.2) is 0 Å². The second-order valence-corrected chi connectivity index (χ2v) is 5.50. The minimum absolute atomic E-state index is 0. The van der Waals surface area contributed by atoms with E-state index in [9.17, 15) is 4.79 Å². The molecule has 3 rings (SSSR count). The van der Waals surface area contributed by atoms with Crippen LogP contribution >= 0.6 is 24.8 Å². The van der Waals surface area contributed by atoms with Crippen LogP contribution in [-0.4, -0.2) is 28.3 Å². The predicted octanol–water partition coefficient (Wildman–Crippen LogP) is 2.40. The summed E-state index contributed by atoms with van der Waals surface area (Å²) in [7, 11) is 0. The van der Waals surface area contributed by atoms with E-state index >= 15 is 0 Å². The molecule has 5 N–H and O–H groups in total. The number of carbonyl (C=O) groups is 1. The number of fused-ring (bicyclic) bond motifs is 1. The Hall–Kier alpha value is -2.12.